The van der Waals surface area contributed by atoms with E-state index in [9.17, 15) is 9.59 Å². The molecule has 5 heteroatoms. The van der Waals surface area contributed by atoms with E-state index in [-0.39, 0.29) is 11.8 Å². The molecule has 2 aromatic rings. The van der Waals surface area contributed by atoms with E-state index < -0.39 is 0 Å². The van der Waals surface area contributed by atoms with Crippen LogP contribution < -0.4 is 10.2 Å². The Morgan fingerprint density at radius 3 is 2.52 bits per heavy atom. The van der Waals surface area contributed by atoms with Crippen LogP contribution in [0.4, 0.5) is 5.69 Å². The number of hydrogen-bond donors (Lipinski definition) is 1. The smallest absolute Gasteiger partial charge is 0.251 e. The SMILES string of the molecule is CC(=O)N(CCNC(=O)c1ccccc1)c1cccc(C#N)c1. The minimum Gasteiger partial charge on any atom is -0.350 e. The zero-order chi connectivity index (χ0) is 16.7. The fourth-order valence-corrected chi connectivity index (χ4v) is 2.18. The molecule has 1 N–H and O–H groups in total. The van der Waals surface area contributed by atoms with Crippen molar-refractivity contribution in [2.24, 2.45) is 0 Å². The molecule has 0 aliphatic rings. The molecule has 0 saturated heterocycles. The number of amides is 2. The van der Waals surface area contributed by atoms with Crippen LogP contribution in [0.15, 0.2) is 54.6 Å². The first-order valence-corrected chi connectivity index (χ1v) is 7.23. The van der Waals surface area contributed by atoms with Gasteiger partial charge in [0, 0.05) is 31.3 Å². The van der Waals surface area contributed by atoms with Crippen molar-refractivity contribution in [3.05, 3.63) is 65.7 Å². The zero-order valence-corrected chi connectivity index (χ0v) is 12.8. The summed E-state index contributed by atoms with van der Waals surface area (Å²) in [5.41, 5.74) is 1.71. The first-order chi connectivity index (χ1) is 11.1. The lowest BCUT2D eigenvalue weighted by molar-refractivity contribution is -0.116. The lowest BCUT2D eigenvalue weighted by Crippen LogP contribution is -2.37. The summed E-state index contributed by atoms with van der Waals surface area (Å²) in [6, 6.07) is 17.8. The molecule has 0 bridgehead atoms. The summed E-state index contributed by atoms with van der Waals surface area (Å²) in [4.78, 5) is 25.3. The zero-order valence-electron chi connectivity index (χ0n) is 12.8. The number of carbonyl (C=O) groups is 2. The molecule has 0 spiro atoms. The molecular weight excluding hydrogens is 290 g/mol. The van der Waals surface area contributed by atoms with Crippen LogP contribution >= 0.6 is 0 Å². The number of anilines is 1. The molecular formula is C18H17N3O2. The Morgan fingerprint density at radius 2 is 1.87 bits per heavy atom. The van der Waals surface area contributed by atoms with Crippen LogP contribution in [0.5, 0.6) is 0 Å². The van der Waals surface area contributed by atoms with Gasteiger partial charge in [0.2, 0.25) is 5.91 Å². The second-order valence-electron chi connectivity index (χ2n) is 4.95. The van der Waals surface area contributed by atoms with Gasteiger partial charge in [-0.15, -0.1) is 0 Å². The summed E-state index contributed by atoms with van der Waals surface area (Å²) in [6.45, 7) is 2.12. The van der Waals surface area contributed by atoms with Crippen LogP contribution in [0.2, 0.25) is 0 Å². The van der Waals surface area contributed by atoms with Crippen molar-refractivity contribution in [2.75, 3.05) is 18.0 Å². The molecule has 2 amide bonds. The number of nitriles is 1. The van der Waals surface area contributed by atoms with Crippen LogP contribution in [0, 0.1) is 11.3 Å². The first kappa shape index (κ1) is 16.2. The maximum atomic E-state index is 12.0. The van der Waals surface area contributed by atoms with E-state index in [4.69, 9.17) is 5.26 Å². The lowest BCUT2D eigenvalue weighted by Gasteiger charge is -2.21. The Kier molecular flexibility index (Phi) is 5.48. The first-order valence-electron chi connectivity index (χ1n) is 7.23. The maximum Gasteiger partial charge on any atom is 0.251 e. The molecule has 0 fully saturated rings. The number of nitrogens with one attached hydrogen (secondary N) is 1. The van der Waals surface area contributed by atoms with Gasteiger partial charge in [0.05, 0.1) is 11.6 Å². The van der Waals surface area contributed by atoms with E-state index in [1.807, 2.05) is 12.1 Å². The molecule has 0 aromatic heterocycles. The number of benzene rings is 2. The van der Waals surface area contributed by atoms with Crippen molar-refractivity contribution >= 4 is 17.5 Å². The molecule has 0 unspecified atom stereocenters. The van der Waals surface area contributed by atoms with Gasteiger partial charge in [-0.25, -0.2) is 0 Å². The third kappa shape index (κ3) is 4.42. The van der Waals surface area contributed by atoms with Crippen molar-refractivity contribution < 1.29 is 9.59 Å². The summed E-state index contributed by atoms with van der Waals surface area (Å²) < 4.78 is 0. The van der Waals surface area contributed by atoms with Gasteiger partial charge < -0.3 is 10.2 Å². The third-order valence-corrected chi connectivity index (χ3v) is 3.32. The topological polar surface area (TPSA) is 73.2 Å². The van der Waals surface area contributed by atoms with Gasteiger partial charge in [-0.3, -0.25) is 9.59 Å². The van der Waals surface area contributed by atoms with Crippen LogP contribution in [0.25, 0.3) is 0 Å². The molecule has 2 aromatic carbocycles. The van der Waals surface area contributed by atoms with E-state index in [0.29, 0.717) is 29.9 Å². The van der Waals surface area contributed by atoms with Gasteiger partial charge in [-0.05, 0) is 30.3 Å². The highest BCUT2D eigenvalue weighted by Crippen LogP contribution is 2.15. The number of hydrogen-bond acceptors (Lipinski definition) is 3. The van der Waals surface area contributed by atoms with Crippen molar-refractivity contribution in [3.8, 4) is 6.07 Å². The molecule has 2 rings (SSSR count). The fraction of sp³-hybridized carbons (Fsp3) is 0.167. The van der Waals surface area contributed by atoms with E-state index in [1.165, 1.54) is 11.8 Å². The summed E-state index contributed by atoms with van der Waals surface area (Å²) >= 11 is 0. The minimum absolute atomic E-state index is 0.144. The Morgan fingerprint density at radius 1 is 1.13 bits per heavy atom. The highest BCUT2D eigenvalue weighted by atomic mass is 16.2. The number of carbonyl (C=O) groups excluding carboxylic acids is 2. The van der Waals surface area contributed by atoms with Crippen molar-refractivity contribution in [1.82, 2.24) is 5.32 Å². The van der Waals surface area contributed by atoms with Crippen molar-refractivity contribution in [3.63, 3.8) is 0 Å². The van der Waals surface area contributed by atoms with Gasteiger partial charge in [0.1, 0.15) is 0 Å². The average molecular weight is 307 g/mol. The minimum atomic E-state index is -0.181. The summed E-state index contributed by atoms with van der Waals surface area (Å²) in [6.07, 6.45) is 0. The molecule has 116 valence electrons. The monoisotopic (exact) mass is 307 g/mol. The molecule has 5 nitrogen and oxygen atoms in total. The summed E-state index contributed by atoms with van der Waals surface area (Å²) in [7, 11) is 0. The van der Waals surface area contributed by atoms with Gasteiger partial charge in [-0.1, -0.05) is 24.3 Å². The van der Waals surface area contributed by atoms with Crippen LogP contribution in [0.3, 0.4) is 0 Å². The van der Waals surface area contributed by atoms with Crippen LogP contribution in [0.1, 0.15) is 22.8 Å². The number of rotatable bonds is 5. The second-order valence-corrected chi connectivity index (χ2v) is 4.95. The lowest BCUT2D eigenvalue weighted by atomic mass is 10.2. The van der Waals surface area contributed by atoms with Crippen LogP contribution in [-0.2, 0) is 4.79 Å². The van der Waals surface area contributed by atoms with E-state index >= 15 is 0 Å². The number of nitrogens with zero attached hydrogens (tertiary/aromatic N) is 2. The summed E-state index contributed by atoms with van der Waals surface area (Å²) in [5.74, 6) is -0.325. The molecule has 0 heterocycles. The van der Waals surface area contributed by atoms with Gasteiger partial charge in [-0.2, -0.15) is 5.26 Å². The van der Waals surface area contributed by atoms with Gasteiger partial charge in [0.25, 0.3) is 5.91 Å². The highest BCUT2D eigenvalue weighted by molar-refractivity contribution is 5.94. The third-order valence-electron chi connectivity index (χ3n) is 3.32. The van der Waals surface area contributed by atoms with Gasteiger partial charge in [0.15, 0.2) is 0 Å². The summed E-state index contributed by atoms with van der Waals surface area (Å²) in [5, 5.41) is 11.7. The van der Waals surface area contributed by atoms with E-state index in [2.05, 4.69) is 5.32 Å². The Bertz CT molecular complexity index is 735. The highest BCUT2D eigenvalue weighted by Gasteiger charge is 2.12. The van der Waals surface area contributed by atoms with E-state index in [0.717, 1.165) is 0 Å². The Balaban J connectivity index is 1.99. The molecule has 0 aliphatic heterocycles. The Labute approximate surface area is 135 Å². The fourth-order valence-electron chi connectivity index (χ4n) is 2.18. The normalized spacial score (nSPS) is 9.74. The predicted octanol–water partition coefficient (Wildman–Crippen LogP) is 2.34. The van der Waals surface area contributed by atoms with Crippen molar-refractivity contribution in [1.29, 1.82) is 5.26 Å². The average Bonchev–Trinajstić information content (AvgIpc) is 2.59. The quantitative estimate of drug-likeness (QED) is 0.921. The molecule has 0 radical (unpaired) electrons. The maximum absolute atomic E-state index is 12.0. The second kappa shape index (κ2) is 7.76. The van der Waals surface area contributed by atoms with Crippen molar-refractivity contribution in [2.45, 2.75) is 6.92 Å². The molecule has 0 saturated carbocycles. The molecule has 0 atom stereocenters. The van der Waals surface area contributed by atoms with Gasteiger partial charge >= 0.3 is 0 Å². The Hall–Kier alpha value is -3.13. The largest absolute Gasteiger partial charge is 0.350 e. The standard InChI is InChI=1S/C18H17N3O2/c1-14(22)21(17-9-5-6-15(12-17)13-19)11-10-20-18(23)16-7-3-2-4-8-16/h2-9,12H,10-11H2,1H3,(H,20,23). The molecule has 23 heavy (non-hydrogen) atoms. The molecule has 0 aliphatic carbocycles. The van der Waals surface area contributed by atoms with Crippen LogP contribution in [-0.4, -0.2) is 24.9 Å². The predicted molar refractivity (Wildman–Crippen MR) is 88.0 cm³/mol. The van der Waals surface area contributed by atoms with E-state index in [1.54, 1.807) is 48.5 Å².